The maximum atomic E-state index is 10.8. The van der Waals surface area contributed by atoms with E-state index in [0.717, 1.165) is 24.9 Å². The molecular formula is C13H22N4O3. The molecule has 0 bridgehead atoms. The van der Waals surface area contributed by atoms with Crippen LogP contribution in [-0.4, -0.2) is 34.6 Å². The van der Waals surface area contributed by atoms with Gasteiger partial charge in [0.15, 0.2) is 0 Å². The van der Waals surface area contributed by atoms with Gasteiger partial charge in [-0.25, -0.2) is 0 Å². The predicted octanol–water partition coefficient (Wildman–Crippen LogP) is 1.47. The average Bonchev–Trinajstić information content (AvgIpc) is 2.44. The maximum absolute atomic E-state index is 10.8. The maximum Gasteiger partial charge on any atom is 0.293 e. The average molecular weight is 282 g/mol. The monoisotopic (exact) mass is 282 g/mol. The lowest BCUT2D eigenvalue weighted by Crippen LogP contribution is -2.27. The molecule has 0 aliphatic heterocycles. The lowest BCUT2D eigenvalue weighted by molar-refractivity contribution is -0.384. The number of hydrazine groups is 1. The molecule has 0 saturated carbocycles. The number of rotatable bonds is 9. The summed E-state index contributed by atoms with van der Waals surface area (Å²) in [6.07, 6.45) is 2.13. The highest BCUT2D eigenvalue weighted by atomic mass is 16.6. The lowest BCUT2D eigenvalue weighted by Gasteiger charge is -2.21. The number of nitrogens with one attached hydrogen (secondary N) is 1. The molecule has 1 rings (SSSR count). The number of nitro benzene ring substituents is 1. The Bertz CT molecular complexity index is 440. The number of aliphatic hydroxyl groups excluding tert-OH is 1. The number of nitrogen functional groups attached to an aromatic ring is 1. The van der Waals surface area contributed by atoms with E-state index >= 15 is 0 Å². The highest BCUT2D eigenvalue weighted by molar-refractivity contribution is 5.62. The van der Waals surface area contributed by atoms with Crippen molar-refractivity contribution >= 4 is 11.4 Å². The molecule has 0 radical (unpaired) electrons. The van der Waals surface area contributed by atoms with Gasteiger partial charge in [-0.3, -0.25) is 20.9 Å². The van der Waals surface area contributed by atoms with Gasteiger partial charge in [0.05, 0.1) is 11.5 Å². The van der Waals surface area contributed by atoms with Gasteiger partial charge in [-0.2, -0.15) is 0 Å². The Morgan fingerprint density at radius 2 is 2.20 bits per heavy atom. The Hall–Kier alpha value is -1.70. The minimum atomic E-state index is -0.471. The summed E-state index contributed by atoms with van der Waals surface area (Å²) < 4.78 is 0. The number of nitrogens with zero attached hydrogens (tertiary/aromatic N) is 2. The third-order valence-corrected chi connectivity index (χ3v) is 3.06. The molecule has 0 spiro atoms. The quantitative estimate of drug-likeness (QED) is 0.360. The van der Waals surface area contributed by atoms with Crippen LogP contribution in [0.5, 0.6) is 0 Å². The molecule has 0 saturated heterocycles. The number of hydrogen-bond donors (Lipinski definition) is 3. The largest absolute Gasteiger partial charge is 0.395 e. The number of aliphatic hydroxyl groups is 1. The fourth-order valence-corrected chi connectivity index (χ4v) is 2.01. The highest BCUT2D eigenvalue weighted by Gasteiger charge is 2.14. The van der Waals surface area contributed by atoms with Crippen molar-refractivity contribution in [1.29, 1.82) is 0 Å². The van der Waals surface area contributed by atoms with Crippen LogP contribution in [0.3, 0.4) is 0 Å². The zero-order valence-corrected chi connectivity index (χ0v) is 11.7. The van der Waals surface area contributed by atoms with E-state index in [1.807, 2.05) is 0 Å². The number of unbranched alkanes of at least 4 members (excludes halogenated alkanes) is 1. The first-order chi connectivity index (χ1) is 9.62. The van der Waals surface area contributed by atoms with Crippen LogP contribution in [0.1, 0.15) is 25.3 Å². The third-order valence-electron chi connectivity index (χ3n) is 3.06. The molecule has 0 unspecified atom stereocenters. The first-order valence-corrected chi connectivity index (χ1v) is 6.69. The molecule has 112 valence electrons. The Kier molecular flexibility index (Phi) is 6.92. The molecule has 0 heterocycles. The van der Waals surface area contributed by atoms with Gasteiger partial charge in [0.25, 0.3) is 5.69 Å². The first-order valence-electron chi connectivity index (χ1n) is 6.69. The van der Waals surface area contributed by atoms with Crippen LogP contribution in [0.2, 0.25) is 0 Å². The number of nitro groups is 1. The van der Waals surface area contributed by atoms with Crippen molar-refractivity contribution < 1.29 is 10.0 Å². The van der Waals surface area contributed by atoms with E-state index < -0.39 is 4.92 Å². The minimum absolute atomic E-state index is 0.0430. The highest BCUT2D eigenvalue weighted by Crippen LogP contribution is 2.25. The second-order valence-corrected chi connectivity index (χ2v) is 4.61. The zero-order valence-electron chi connectivity index (χ0n) is 11.7. The first kappa shape index (κ1) is 16.4. The van der Waals surface area contributed by atoms with Crippen LogP contribution in [0.15, 0.2) is 18.2 Å². The van der Waals surface area contributed by atoms with Gasteiger partial charge >= 0.3 is 0 Å². The van der Waals surface area contributed by atoms with E-state index in [0.29, 0.717) is 18.8 Å². The molecule has 0 atom stereocenters. The van der Waals surface area contributed by atoms with Gasteiger partial charge in [-0.1, -0.05) is 19.4 Å². The van der Waals surface area contributed by atoms with Gasteiger partial charge < -0.3 is 10.5 Å². The van der Waals surface area contributed by atoms with Crippen LogP contribution >= 0.6 is 0 Å². The van der Waals surface area contributed by atoms with Crippen molar-refractivity contribution in [2.45, 2.75) is 26.3 Å². The van der Waals surface area contributed by atoms with E-state index in [9.17, 15) is 10.1 Å². The fourth-order valence-electron chi connectivity index (χ4n) is 2.01. The van der Waals surface area contributed by atoms with Crippen LogP contribution < -0.4 is 11.3 Å². The number of anilines is 1. The summed E-state index contributed by atoms with van der Waals surface area (Å²) in [7, 11) is 0. The normalized spacial score (nSPS) is 10.8. The molecule has 1 aromatic rings. The van der Waals surface area contributed by atoms with Gasteiger partial charge in [0.1, 0.15) is 5.69 Å². The molecule has 0 aliphatic carbocycles. The molecule has 7 nitrogen and oxygen atoms in total. The van der Waals surface area contributed by atoms with Crippen LogP contribution in [0, 0.1) is 10.1 Å². The Morgan fingerprint density at radius 3 is 2.75 bits per heavy atom. The molecule has 20 heavy (non-hydrogen) atoms. The second kappa shape index (κ2) is 8.47. The Morgan fingerprint density at radius 1 is 1.45 bits per heavy atom. The van der Waals surface area contributed by atoms with Crippen molar-refractivity contribution in [3.05, 3.63) is 33.9 Å². The summed E-state index contributed by atoms with van der Waals surface area (Å²) in [6, 6.07) is 4.84. The summed E-state index contributed by atoms with van der Waals surface area (Å²) in [5, 5.41) is 19.9. The van der Waals surface area contributed by atoms with E-state index in [1.54, 1.807) is 12.1 Å². The van der Waals surface area contributed by atoms with Gasteiger partial charge in [-0.15, -0.1) is 0 Å². The molecule has 4 N–H and O–H groups in total. The second-order valence-electron chi connectivity index (χ2n) is 4.61. The van der Waals surface area contributed by atoms with E-state index in [-0.39, 0.29) is 12.3 Å². The summed E-state index contributed by atoms with van der Waals surface area (Å²) in [6.45, 7) is 4.31. The van der Waals surface area contributed by atoms with Gasteiger partial charge in [0.2, 0.25) is 0 Å². The Balaban J connectivity index is 2.81. The topological polar surface area (TPSA) is 105 Å². The van der Waals surface area contributed by atoms with Crippen LogP contribution in [0.25, 0.3) is 0 Å². The third kappa shape index (κ3) is 4.76. The molecule has 0 aliphatic rings. The predicted molar refractivity (Wildman–Crippen MR) is 78.2 cm³/mol. The number of hydrogen-bond acceptors (Lipinski definition) is 6. The van der Waals surface area contributed by atoms with Crippen LogP contribution in [0.4, 0.5) is 11.4 Å². The molecule has 0 amide bonds. The van der Waals surface area contributed by atoms with Crippen molar-refractivity contribution in [3.8, 4) is 0 Å². The standard InChI is InChI=1S/C13H22N4O3/c1-2-3-6-16(7-8-18)10-11-4-5-13(17(19)20)12(9-11)15-14/h4-5,9,15,18H,2-3,6-8,10,14H2,1H3. The van der Waals surface area contributed by atoms with Gasteiger partial charge in [0, 0.05) is 19.2 Å². The SMILES string of the molecule is CCCCN(CCO)Cc1ccc([N+](=O)[O-])c(NN)c1. The van der Waals surface area contributed by atoms with Crippen molar-refractivity contribution in [1.82, 2.24) is 4.90 Å². The van der Waals surface area contributed by atoms with Crippen molar-refractivity contribution in [2.24, 2.45) is 5.84 Å². The van der Waals surface area contributed by atoms with E-state index in [2.05, 4.69) is 17.2 Å². The summed E-state index contributed by atoms with van der Waals surface area (Å²) in [5.74, 6) is 5.32. The molecule has 0 aromatic heterocycles. The molecular weight excluding hydrogens is 260 g/mol. The number of benzene rings is 1. The zero-order chi connectivity index (χ0) is 15.0. The molecule has 1 aromatic carbocycles. The van der Waals surface area contributed by atoms with Crippen molar-refractivity contribution in [2.75, 3.05) is 25.1 Å². The van der Waals surface area contributed by atoms with Crippen LogP contribution in [-0.2, 0) is 6.54 Å². The summed E-state index contributed by atoms with van der Waals surface area (Å²) >= 11 is 0. The molecule has 0 fully saturated rings. The van der Waals surface area contributed by atoms with E-state index in [1.165, 1.54) is 6.07 Å². The van der Waals surface area contributed by atoms with E-state index in [4.69, 9.17) is 10.9 Å². The number of nitrogens with two attached hydrogens (primary N) is 1. The molecule has 7 heteroatoms. The smallest absolute Gasteiger partial charge is 0.293 e. The summed E-state index contributed by atoms with van der Waals surface area (Å²) in [4.78, 5) is 12.5. The van der Waals surface area contributed by atoms with Gasteiger partial charge in [-0.05, 0) is 24.6 Å². The fraction of sp³-hybridized carbons (Fsp3) is 0.538. The Labute approximate surface area is 118 Å². The summed E-state index contributed by atoms with van der Waals surface area (Å²) in [5.41, 5.74) is 3.54. The minimum Gasteiger partial charge on any atom is -0.395 e. The van der Waals surface area contributed by atoms with Crippen molar-refractivity contribution in [3.63, 3.8) is 0 Å². The lowest BCUT2D eigenvalue weighted by atomic mass is 10.1.